The van der Waals surface area contributed by atoms with E-state index >= 15 is 0 Å². The maximum absolute atomic E-state index is 11.9. The minimum atomic E-state index is -4.23. The van der Waals surface area contributed by atoms with Gasteiger partial charge in [-0.2, -0.15) is 8.42 Å². The monoisotopic (exact) mass is 320 g/mol. The number of fused-ring (bicyclic) bond motifs is 1. The summed E-state index contributed by atoms with van der Waals surface area (Å²) in [7, 11) is -4.23. The van der Waals surface area contributed by atoms with Gasteiger partial charge in [-0.3, -0.25) is 4.55 Å². The summed E-state index contributed by atoms with van der Waals surface area (Å²) in [4.78, 5) is 0.0943. The molecule has 0 aliphatic heterocycles. The smallest absolute Gasteiger partial charge is 0.282 e. The van der Waals surface area contributed by atoms with E-state index in [0.717, 1.165) is 43.1 Å². The van der Waals surface area contributed by atoms with Crippen molar-refractivity contribution in [2.75, 3.05) is 0 Å². The van der Waals surface area contributed by atoms with Crippen molar-refractivity contribution in [3.63, 3.8) is 0 Å². The topological polar surface area (TPSA) is 54.4 Å². The SMILES string of the molecule is CCCCc1cc(CCCC)c2ccccc2c1S(=O)(=O)O. The summed E-state index contributed by atoms with van der Waals surface area (Å²) < 4.78 is 33.5. The third-order valence-corrected chi connectivity index (χ3v) is 5.01. The highest BCUT2D eigenvalue weighted by Gasteiger charge is 2.20. The Morgan fingerprint density at radius 1 is 0.909 bits per heavy atom. The molecule has 1 N–H and O–H groups in total. The van der Waals surface area contributed by atoms with Crippen molar-refractivity contribution in [1.82, 2.24) is 0 Å². The molecule has 3 nitrogen and oxygen atoms in total. The lowest BCUT2D eigenvalue weighted by Crippen LogP contribution is -2.06. The minimum Gasteiger partial charge on any atom is -0.282 e. The zero-order chi connectivity index (χ0) is 16.2. The first kappa shape index (κ1) is 17.0. The predicted molar refractivity (Wildman–Crippen MR) is 91.0 cm³/mol. The van der Waals surface area contributed by atoms with Crippen molar-refractivity contribution in [2.45, 2.75) is 57.3 Å². The first-order valence-corrected chi connectivity index (χ1v) is 9.44. The Labute approximate surface area is 133 Å². The fourth-order valence-electron chi connectivity index (χ4n) is 2.92. The van der Waals surface area contributed by atoms with Gasteiger partial charge in [0.1, 0.15) is 4.90 Å². The van der Waals surface area contributed by atoms with E-state index in [4.69, 9.17) is 0 Å². The lowest BCUT2D eigenvalue weighted by Gasteiger charge is -2.15. The first-order valence-electron chi connectivity index (χ1n) is 8.00. The third kappa shape index (κ3) is 3.68. The van der Waals surface area contributed by atoms with E-state index in [1.54, 1.807) is 6.07 Å². The summed E-state index contributed by atoms with van der Waals surface area (Å²) >= 11 is 0. The second-order valence-electron chi connectivity index (χ2n) is 5.75. The van der Waals surface area contributed by atoms with Crippen LogP contribution in [0.5, 0.6) is 0 Å². The summed E-state index contributed by atoms with van der Waals surface area (Å²) in [6.07, 6.45) is 5.68. The van der Waals surface area contributed by atoms with Gasteiger partial charge in [-0.1, -0.05) is 57.0 Å². The Kier molecular flexibility index (Phi) is 5.59. The molecule has 2 aromatic carbocycles. The average Bonchev–Trinajstić information content (AvgIpc) is 2.49. The molecule has 0 fully saturated rings. The molecule has 0 heterocycles. The Bertz CT molecular complexity index is 748. The molecule has 0 radical (unpaired) electrons. The fraction of sp³-hybridized carbons (Fsp3) is 0.444. The van der Waals surface area contributed by atoms with Crippen LogP contribution in [0.4, 0.5) is 0 Å². The zero-order valence-electron chi connectivity index (χ0n) is 13.3. The van der Waals surface area contributed by atoms with Gasteiger partial charge in [0.25, 0.3) is 10.1 Å². The van der Waals surface area contributed by atoms with Gasteiger partial charge in [0.15, 0.2) is 0 Å². The molecule has 0 spiro atoms. The largest absolute Gasteiger partial charge is 0.295 e. The van der Waals surface area contributed by atoms with Gasteiger partial charge in [-0.25, -0.2) is 0 Å². The van der Waals surface area contributed by atoms with Gasteiger partial charge < -0.3 is 0 Å². The van der Waals surface area contributed by atoms with Crippen LogP contribution in [0.15, 0.2) is 35.2 Å². The van der Waals surface area contributed by atoms with E-state index in [1.165, 1.54) is 5.56 Å². The standard InChI is InChI=1S/C18H24O3S/c1-3-5-9-14-13-15(10-6-4-2)18(22(19,20)21)17-12-8-7-11-16(14)17/h7-8,11-13H,3-6,9-10H2,1-2H3,(H,19,20,21). The van der Waals surface area contributed by atoms with E-state index in [2.05, 4.69) is 13.8 Å². The zero-order valence-corrected chi connectivity index (χ0v) is 14.1. The quantitative estimate of drug-likeness (QED) is 0.747. The van der Waals surface area contributed by atoms with Crippen LogP contribution in [-0.2, 0) is 23.0 Å². The van der Waals surface area contributed by atoms with Crippen LogP contribution in [0.2, 0.25) is 0 Å². The Morgan fingerprint density at radius 2 is 1.45 bits per heavy atom. The highest BCUT2D eigenvalue weighted by molar-refractivity contribution is 7.86. The van der Waals surface area contributed by atoms with E-state index < -0.39 is 10.1 Å². The van der Waals surface area contributed by atoms with Crippen LogP contribution >= 0.6 is 0 Å². The fourth-order valence-corrected chi connectivity index (χ4v) is 3.87. The minimum absolute atomic E-state index is 0.0943. The van der Waals surface area contributed by atoms with Crippen LogP contribution < -0.4 is 0 Å². The van der Waals surface area contributed by atoms with E-state index in [-0.39, 0.29) is 4.90 Å². The van der Waals surface area contributed by atoms with Crippen LogP contribution in [0.25, 0.3) is 10.8 Å². The molecule has 2 rings (SSSR count). The molecule has 0 unspecified atom stereocenters. The summed E-state index contributed by atoms with van der Waals surface area (Å²) in [5.41, 5.74) is 1.92. The molecule has 0 saturated carbocycles. The number of unbranched alkanes of at least 4 members (excludes halogenated alkanes) is 2. The molecule has 2 aromatic rings. The van der Waals surface area contributed by atoms with E-state index in [9.17, 15) is 13.0 Å². The van der Waals surface area contributed by atoms with Gasteiger partial charge in [-0.05, 0) is 42.2 Å². The number of hydrogen-bond donors (Lipinski definition) is 1. The normalized spacial score (nSPS) is 12.0. The summed E-state index contributed by atoms with van der Waals surface area (Å²) in [5, 5.41) is 1.58. The van der Waals surface area contributed by atoms with Gasteiger partial charge >= 0.3 is 0 Å². The number of rotatable bonds is 7. The molecule has 4 heteroatoms. The maximum Gasteiger partial charge on any atom is 0.295 e. The summed E-state index contributed by atoms with van der Waals surface area (Å²) in [6.45, 7) is 4.22. The molecular formula is C18H24O3S. The molecule has 0 aliphatic rings. The van der Waals surface area contributed by atoms with E-state index in [1.807, 2.05) is 24.3 Å². The third-order valence-electron chi connectivity index (χ3n) is 4.02. The maximum atomic E-state index is 11.9. The van der Waals surface area contributed by atoms with Gasteiger partial charge in [0.05, 0.1) is 0 Å². The molecule has 0 amide bonds. The molecule has 120 valence electrons. The first-order chi connectivity index (χ1) is 10.5. The molecule has 0 aliphatic carbocycles. The van der Waals surface area contributed by atoms with Crippen LogP contribution in [0, 0.1) is 0 Å². The van der Waals surface area contributed by atoms with Crippen LogP contribution in [0.1, 0.15) is 50.7 Å². The predicted octanol–water partition coefficient (Wildman–Crippen LogP) is 4.77. The lowest BCUT2D eigenvalue weighted by atomic mass is 9.95. The van der Waals surface area contributed by atoms with Crippen molar-refractivity contribution in [1.29, 1.82) is 0 Å². The molecule has 0 atom stereocenters. The molecule has 0 aromatic heterocycles. The Balaban J connectivity index is 2.72. The Morgan fingerprint density at radius 3 is 2.00 bits per heavy atom. The number of benzene rings is 2. The van der Waals surface area contributed by atoms with E-state index in [0.29, 0.717) is 11.8 Å². The summed E-state index contributed by atoms with van der Waals surface area (Å²) in [6, 6.07) is 9.46. The number of hydrogen-bond acceptors (Lipinski definition) is 2. The van der Waals surface area contributed by atoms with Crippen molar-refractivity contribution in [2.24, 2.45) is 0 Å². The number of aryl methyl sites for hydroxylation is 2. The summed E-state index contributed by atoms with van der Waals surface area (Å²) in [5.74, 6) is 0. The molecule has 0 bridgehead atoms. The highest BCUT2D eigenvalue weighted by Crippen LogP contribution is 2.31. The van der Waals surface area contributed by atoms with Crippen molar-refractivity contribution >= 4 is 20.9 Å². The van der Waals surface area contributed by atoms with Crippen molar-refractivity contribution in [3.05, 3.63) is 41.5 Å². The van der Waals surface area contributed by atoms with Crippen LogP contribution in [0.3, 0.4) is 0 Å². The second kappa shape index (κ2) is 7.25. The van der Waals surface area contributed by atoms with Gasteiger partial charge in [0, 0.05) is 5.39 Å². The van der Waals surface area contributed by atoms with Crippen molar-refractivity contribution < 1.29 is 13.0 Å². The molecule has 22 heavy (non-hydrogen) atoms. The second-order valence-corrected chi connectivity index (χ2v) is 7.11. The average molecular weight is 320 g/mol. The highest BCUT2D eigenvalue weighted by atomic mass is 32.2. The molecular weight excluding hydrogens is 296 g/mol. The molecule has 0 saturated heterocycles. The van der Waals surface area contributed by atoms with Crippen molar-refractivity contribution in [3.8, 4) is 0 Å². The lowest BCUT2D eigenvalue weighted by molar-refractivity contribution is 0.483. The van der Waals surface area contributed by atoms with Gasteiger partial charge in [-0.15, -0.1) is 0 Å². The van der Waals surface area contributed by atoms with Crippen LogP contribution in [-0.4, -0.2) is 13.0 Å². The van der Waals surface area contributed by atoms with Gasteiger partial charge in [0.2, 0.25) is 0 Å². The Hall–Kier alpha value is -1.39.